The fourth-order valence-corrected chi connectivity index (χ4v) is 2.99. The number of aromatic amines is 1. The van der Waals surface area contributed by atoms with Crippen molar-refractivity contribution < 1.29 is 14.7 Å². The number of phenolic OH excluding ortho intramolecular Hbond substituents is 1. The predicted octanol–water partition coefficient (Wildman–Crippen LogP) is 0.742. The van der Waals surface area contributed by atoms with E-state index in [2.05, 4.69) is 15.2 Å². The molecule has 1 aliphatic heterocycles. The van der Waals surface area contributed by atoms with Gasteiger partial charge in [-0.15, -0.1) is 10.2 Å². The molecule has 3 aromatic rings. The van der Waals surface area contributed by atoms with Gasteiger partial charge in [-0.2, -0.15) is 0 Å². The zero-order valence-electron chi connectivity index (χ0n) is 13.1. The Balaban J connectivity index is 1.59. The molecule has 126 valence electrons. The lowest BCUT2D eigenvalue weighted by Crippen LogP contribution is -2.52. The Morgan fingerprint density at radius 2 is 1.96 bits per heavy atom. The third-order valence-electron chi connectivity index (χ3n) is 4.40. The quantitative estimate of drug-likeness (QED) is 0.595. The third-order valence-corrected chi connectivity index (χ3v) is 4.40. The molecule has 1 aromatic carbocycles. The lowest BCUT2D eigenvalue weighted by molar-refractivity contribution is -0.147. The molecule has 4 rings (SSSR count). The van der Waals surface area contributed by atoms with Crippen LogP contribution in [-0.4, -0.2) is 50.1 Å². The molecule has 4 N–H and O–H groups in total. The predicted molar refractivity (Wildman–Crippen MR) is 89.5 cm³/mol. The normalized spacial score (nSPS) is 14.5. The summed E-state index contributed by atoms with van der Waals surface area (Å²) in [5.41, 5.74) is 7.75. The lowest BCUT2D eigenvalue weighted by Gasteiger charge is -2.37. The number of H-pyrrole nitrogens is 1. The molecule has 8 nitrogen and oxygen atoms in total. The molecular formula is C17H15N5O3. The maximum atomic E-state index is 11.5. The van der Waals surface area contributed by atoms with E-state index >= 15 is 0 Å². The molecule has 1 aliphatic rings. The minimum atomic E-state index is -0.937. The van der Waals surface area contributed by atoms with Gasteiger partial charge in [0.05, 0.1) is 5.69 Å². The number of aromatic nitrogens is 3. The zero-order chi connectivity index (χ0) is 17.6. The number of rotatable bonds is 2. The minimum Gasteiger partial charge on any atom is -0.507 e. The molecule has 2 aromatic heterocycles. The smallest absolute Gasteiger partial charge is 0.311 e. The van der Waals surface area contributed by atoms with Crippen LogP contribution in [0.5, 0.6) is 5.75 Å². The van der Waals surface area contributed by atoms with E-state index in [1.165, 1.54) is 4.90 Å². The van der Waals surface area contributed by atoms with Gasteiger partial charge in [0.1, 0.15) is 5.75 Å². The van der Waals surface area contributed by atoms with Crippen LogP contribution >= 0.6 is 0 Å². The number of phenols is 1. The highest BCUT2D eigenvalue weighted by Crippen LogP contribution is 2.31. The van der Waals surface area contributed by atoms with Crippen molar-refractivity contribution in [2.45, 2.75) is 5.92 Å². The van der Waals surface area contributed by atoms with Crippen molar-refractivity contribution in [2.24, 2.45) is 5.73 Å². The summed E-state index contributed by atoms with van der Waals surface area (Å²) in [5.74, 6) is -1.35. The second kappa shape index (κ2) is 5.59. The number of para-hydroxylation sites is 1. The summed E-state index contributed by atoms with van der Waals surface area (Å²) in [6.07, 6.45) is 0. The average molecular weight is 337 g/mol. The van der Waals surface area contributed by atoms with E-state index < -0.39 is 11.8 Å². The van der Waals surface area contributed by atoms with Crippen molar-refractivity contribution in [2.75, 3.05) is 13.1 Å². The molecular weight excluding hydrogens is 322 g/mol. The van der Waals surface area contributed by atoms with E-state index in [4.69, 9.17) is 5.73 Å². The highest BCUT2D eigenvalue weighted by molar-refractivity contribution is 6.34. The summed E-state index contributed by atoms with van der Waals surface area (Å²) in [6, 6.07) is 10.7. The van der Waals surface area contributed by atoms with E-state index in [1.807, 2.05) is 18.2 Å². The topological polar surface area (TPSA) is 125 Å². The molecule has 0 aliphatic carbocycles. The third kappa shape index (κ3) is 2.57. The van der Waals surface area contributed by atoms with Crippen LogP contribution in [0.25, 0.3) is 22.3 Å². The Labute approximate surface area is 142 Å². The van der Waals surface area contributed by atoms with E-state index in [0.29, 0.717) is 30.0 Å². The highest BCUT2D eigenvalue weighted by Gasteiger charge is 2.34. The van der Waals surface area contributed by atoms with Crippen LogP contribution < -0.4 is 5.73 Å². The van der Waals surface area contributed by atoms with Gasteiger partial charge in [-0.3, -0.25) is 9.59 Å². The molecule has 8 heteroatoms. The first-order valence-corrected chi connectivity index (χ1v) is 7.76. The van der Waals surface area contributed by atoms with Crippen LogP contribution in [-0.2, 0) is 9.59 Å². The number of fused-ring (bicyclic) bond motifs is 1. The first-order chi connectivity index (χ1) is 12.0. The number of nitrogens with one attached hydrogen (secondary N) is 1. The fraction of sp³-hybridized carbons (Fsp3) is 0.176. The number of likely N-dealkylation sites (tertiary alicyclic amines) is 1. The Bertz CT molecular complexity index is 991. The Morgan fingerprint density at radius 3 is 2.68 bits per heavy atom. The first-order valence-electron chi connectivity index (χ1n) is 7.76. The average Bonchev–Trinajstić information content (AvgIpc) is 2.96. The van der Waals surface area contributed by atoms with Crippen molar-refractivity contribution >= 4 is 22.8 Å². The van der Waals surface area contributed by atoms with E-state index in [-0.39, 0.29) is 11.7 Å². The van der Waals surface area contributed by atoms with Gasteiger partial charge in [0.2, 0.25) is 0 Å². The number of aromatic hydroxyl groups is 1. The SMILES string of the molecule is NC(=O)C(=O)N1CC(c2cc3cc(-c4ccccc4O)nnc3[nH]2)C1. The Kier molecular flexibility index (Phi) is 3.38. The number of primary amides is 1. The molecule has 1 saturated heterocycles. The van der Waals surface area contributed by atoms with Crippen molar-refractivity contribution in [1.82, 2.24) is 20.1 Å². The Hall–Kier alpha value is -3.42. The van der Waals surface area contributed by atoms with Gasteiger partial charge in [0, 0.05) is 35.7 Å². The molecule has 3 heterocycles. The summed E-state index contributed by atoms with van der Waals surface area (Å²) in [6.45, 7) is 0.878. The van der Waals surface area contributed by atoms with Gasteiger partial charge in [0.15, 0.2) is 5.65 Å². The zero-order valence-corrected chi connectivity index (χ0v) is 13.1. The van der Waals surface area contributed by atoms with Gasteiger partial charge in [-0.05, 0) is 24.3 Å². The molecule has 0 spiro atoms. The molecule has 25 heavy (non-hydrogen) atoms. The number of nitrogens with two attached hydrogens (primary N) is 1. The standard InChI is InChI=1S/C17H15N5O3/c18-15(24)17(25)22-7-10(8-22)12-5-9-6-13(20-21-16(9)19-12)11-3-1-2-4-14(11)23/h1-6,10,23H,7-8H2,(H2,18,24)(H,19,21). The van der Waals surface area contributed by atoms with Crippen LogP contribution in [0.4, 0.5) is 0 Å². The molecule has 0 saturated carbocycles. The van der Waals surface area contributed by atoms with Crippen molar-refractivity contribution in [3.8, 4) is 17.0 Å². The number of nitrogens with zero attached hydrogens (tertiary/aromatic N) is 3. The van der Waals surface area contributed by atoms with Crippen LogP contribution in [0.15, 0.2) is 36.4 Å². The number of hydrogen-bond acceptors (Lipinski definition) is 5. The van der Waals surface area contributed by atoms with E-state index in [9.17, 15) is 14.7 Å². The number of carbonyl (C=O) groups is 2. The summed E-state index contributed by atoms with van der Waals surface area (Å²) < 4.78 is 0. The van der Waals surface area contributed by atoms with Gasteiger partial charge < -0.3 is 20.7 Å². The summed E-state index contributed by atoms with van der Waals surface area (Å²) in [7, 11) is 0. The van der Waals surface area contributed by atoms with Crippen LogP contribution in [0, 0.1) is 0 Å². The molecule has 1 fully saturated rings. The maximum Gasteiger partial charge on any atom is 0.311 e. The van der Waals surface area contributed by atoms with Crippen LogP contribution in [0.1, 0.15) is 11.6 Å². The van der Waals surface area contributed by atoms with Gasteiger partial charge in [0.25, 0.3) is 0 Å². The largest absolute Gasteiger partial charge is 0.507 e. The summed E-state index contributed by atoms with van der Waals surface area (Å²) >= 11 is 0. The number of carbonyl (C=O) groups excluding carboxylic acids is 2. The first kappa shape index (κ1) is 15.1. The second-order valence-corrected chi connectivity index (χ2v) is 6.05. The van der Waals surface area contributed by atoms with E-state index in [1.54, 1.807) is 18.2 Å². The van der Waals surface area contributed by atoms with Crippen LogP contribution in [0.3, 0.4) is 0 Å². The van der Waals surface area contributed by atoms with Gasteiger partial charge in [-0.25, -0.2) is 0 Å². The molecule has 0 bridgehead atoms. The van der Waals surface area contributed by atoms with Crippen LogP contribution in [0.2, 0.25) is 0 Å². The number of benzene rings is 1. The van der Waals surface area contributed by atoms with Gasteiger partial charge in [-0.1, -0.05) is 12.1 Å². The number of amides is 2. The van der Waals surface area contributed by atoms with Crippen molar-refractivity contribution in [1.29, 1.82) is 0 Å². The van der Waals surface area contributed by atoms with Gasteiger partial charge >= 0.3 is 11.8 Å². The van der Waals surface area contributed by atoms with Crippen molar-refractivity contribution in [3.63, 3.8) is 0 Å². The Morgan fingerprint density at radius 1 is 1.20 bits per heavy atom. The molecule has 2 amide bonds. The molecule has 0 unspecified atom stereocenters. The number of hydrogen-bond donors (Lipinski definition) is 3. The summed E-state index contributed by atoms with van der Waals surface area (Å²) in [5, 5.41) is 19.1. The molecule has 0 atom stereocenters. The van der Waals surface area contributed by atoms with E-state index in [0.717, 1.165) is 11.1 Å². The fourth-order valence-electron chi connectivity index (χ4n) is 2.99. The summed E-state index contributed by atoms with van der Waals surface area (Å²) in [4.78, 5) is 27.0. The molecule has 0 radical (unpaired) electrons. The second-order valence-electron chi connectivity index (χ2n) is 6.05. The minimum absolute atomic E-state index is 0.103. The highest BCUT2D eigenvalue weighted by atomic mass is 16.3. The van der Waals surface area contributed by atoms with Crippen molar-refractivity contribution in [3.05, 3.63) is 42.1 Å². The monoisotopic (exact) mass is 337 g/mol. The maximum absolute atomic E-state index is 11.5. The lowest BCUT2D eigenvalue weighted by atomic mass is 9.96.